The van der Waals surface area contributed by atoms with Crippen molar-refractivity contribution in [2.75, 3.05) is 44.2 Å². The van der Waals surface area contributed by atoms with E-state index in [-0.39, 0.29) is 4.90 Å². The predicted octanol–water partition coefficient (Wildman–Crippen LogP) is 3.02. The zero-order valence-corrected chi connectivity index (χ0v) is 20.7. The second-order valence-electron chi connectivity index (χ2n) is 9.46. The Labute approximate surface area is 202 Å². The molecule has 1 atom stereocenters. The molecule has 2 fully saturated rings. The molecule has 0 saturated carbocycles. The lowest BCUT2D eigenvalue weighted by Gasteiger charge is -2.37. The van der Waals surface area contributed by atoms with Crippen molar-refractivity contribution in [1.82, 2.24) is 24.2 Å². The highest BCUT2D eigenvalue weighted by Gasteiger charge is 2.27. The summed E-state index contributed by atoms with van der Waals surface area (Å²) >= 11 is 0. The summed E-state index contributed by atoms with van der Waals surface area (Å²) in [5.74, 6) is 0.827. The van der Waals surface area contributed by atoms with Crippen LogP contribution in [0.25, 0.3) is 11.0 Å². The summed E-state index contributed by atoms with van der Waals surface area (Å²) in [6.45, 7) is 8.06. The maximum absolute atomic E-state index is 13.4. The minimum atomic E-state index is -3.75. The number of aromatic nitrogens is 3. The fourth-order valence-corrected chi connectivity index (χ4v) is 6.46. The molecule has 2 aliphatic rings. The molecule has 1 unspecified atom stereocenters. The normalized spacial score (nSPS) is 20.0. The largest absolute Gasteiger partial charge is 0.350 e. The molecule has 0 spiro atoms. The molecule has 1 aromatic carbocycles. The van der Waals surface area contributed by atoms with Crippen molar-refractivity contribution >= 4 is 26.9 Å². The molecule has 0 bridgehead atoms. The summed E-state index contributed by atoms with van der Waals surface area (Å²) in [5.41, 5.74) is 1.45. The van der Waals surface area contributed by atoms with Crippen LogP contribution in [0.5, 0.6) is 0 Å². The van der Waals surface area contributed by atoms with Crippen LogP contribution >= 0.6 is 0 Å². The standard InChI is InChI=1S/C25H34N6O2S/c1-20-7-9-22(10-8-20)34(32,33)31-15-11-23-24(27-19-28-25(23)31)30(21-6-5-12-26-18-21)17-16-29-13-3-2-4-14-29/h7-11,15,19,21,26H,2-6,12-14,16-18H2,1H3. The molecule has 3 aromatic rings. The fourth-order valence-electron chi connectivity index (χ4n) is 5.15. The van der Waals surface area contributed by atoms with Gasteiger partial charge >= 0.3 is 0 Å². The molecule has 1 N–H and O–H groups in total. The zero-order chi connectivity index (χ0) is 23.5. The molecule has 0 aliphatic carbocycles. The van der Waals surface area contributed by atoms with Crippen molar-refractivity contribution in [1.29, 1.82) is 0 Å². The van der Waals surface area contributed by atoms with E-state index in [1.807, 2.05) is 25.1 Å². The van der Waals surface area contributed by atoms with Gasteiger partial charge in [0.2, 0.25) is 0 Å². The average molecular weight is 483 g/mol. The van der Waals surface area contributed by atoms with Crippen LogP contribution in [-0.4, -0.2) is 72.6 Å². The van der Waals surface area contributed by atoms with Gasteiger partial charge in [-0.1, -0.05) is 24.1 Å². The Morgan fingerprint density at radius 2 is 1.85 bits per heavy atom. The quantitative estimate of drug-likeness (QED) is 0.554. The van der Waals surface area contributed by atoms with Crippen molar-refractivity contribution in [3.63, 3.8) is 0 Å². The Morgan fingerprint density at radius 1 is 1.06 bits per heavy atom. The highest BCUT2D eigenvalue weighted by atomic mass is 32.2. The molecule has 4 heterocycles. The highest BCUT2D eigenvalue weighted by molar-refractivity contribution is 7.90. The van der Waals surface area contributed by atoms with Crippen LogP contribution in [0.15, 0.2) is 47.8 Å². The fraction of sp³-hybridized carbons (Fsp3) is 0.520. The number of aryl methyl sites for hydroxylation is 1. The van der Waals surface area contributed by atoms with Gasteiger partial charge in [0, 0.05) is 31.9 Å². The Hall–Kier alpha value is -2.49. The summed E-state index contributed by atoms with van der Waals surface area (Å²) in [6, 6.07) is 9.11. The third kappa shape index (κ3) is 4.69. The number of piperidine rings is 2. The topological polar surface area (TPSA) is 83.4 Å². The summed E-state index contributed by atoms with van der Waals surface area (Å²) in [5, 5.41) is 4.31. The van der Waals surface area contributed by atoms with Gasteiger partial charge in [0.15, 0.2) is 5.65 Å². The Bertz CT molecular complexity index is 1210. The van der Waals surface area contributed by atoms with Gasteiger partial charge in [0.05, 0.1) is 10.3 Å². The van der Waals surface area contributed by atoms with Crippen molar-refractivity contribution in [2.45, 2.75) is 50.0 Å². The minimum absolute atomic E-state index is 0.259. The van der Waals surface area contributed by atoms with Crippen LogP contribution in [-0.2, 0) is 10.0 Å². The van der Waals surface area contributed by atoms with Gasteiger partial charge in [0.1, 0.15) is 12.1 Å². The summed E-state index contributed by atoms with van der Waals surface area (Å²) in [4.78, 5) is 14.3. The zero-order valence-electron chi connectivity index (χ0n) is 19.9. The number of nitrogens with one attached hydrogen (secondary N) is 1. The molecule has 8 nitrogen and oxygen atoms in total. The number of hydrogen-bond donors (Lipinski definition) is 1. The Kier molecular flexibility index (Phi) is 6.85. The van der Waals surface area contributed by atoms with Gasteiger partial charge in [-0.3, -0.25) is 0 Å². The Morgan fingerprint density at radius 3 is 2.59 bits per heavy atom. The average Bonchev–Trinajstić information content (AvgIpc) is 3.32. The molecule has 0 radical (unpaired) electrons. The van der Waals surface area contributed by atoms with Crippen molar-refractivity contribution in [2.24, 2.45) is 0 Å². The molecule has 2 aliphatic heterocycles. The van der Waals surface area contributed by atoms with Crippen molar-refractivity contribution < 1.29 is 8.42 Å². The Balaban J connectivity index is 1.50. The van der Waals surface area contributed by atoms with Crippen LogP contribution in [0, 0.1) is 6.92 Å². The van der Waals surface area contributed by atoms with Crippen LogP contribution in [0.2, 0.25) is 0 Å². The molecule has 5 rings (SSSR count). The van der Waals surface area contributed by atoms with Gasteiger partial charge in [-0.05, 0) is 70.4 Å². The van der Waals surface area contributed by atoms with E-state index >= 15 is 0 Å². The van der Waals surface area contributed by atoms with Gasteiger partial charge in [-0.25, -0.2) is 22.4 Å². The first-order valence-electron chi connectivity index (χ1n) is 12.4. The SMILES string of the molecule is Cc1ccc(S(=O)(=O)n2ccc3c(N(CCN4CCCCC4)C4CCCNC4)ncnc32)cc1. The number of anilines is 1. The first kappa shape index (κ1) is 23.3. The van der Waals surface area contributed by atoms with Gasteiger partial charge in [-0.2, -0.15) is 0 Å². The predicted molar refractivity (Wildman–Crippen MR) is 135 cm³/mol. The van der Waals surface area contributed by atoms with E-state index in [0.717, 1.165) is 68.9 Å². The van der Waals surface area contributed by atoms with Gasteiger partial charge < -0.3 is 15.1 Å². The molecule has 2 saturated heterocycles. The molecule has 182 valence electrons. The summed E-state index contributed by atoms with van der Waals surface area (Å²) in [7, 11) is -3.75. The van der Waals surface area contributed by atoms with E-state index in [2.05, 4.69) is 25.1 Å². The van der Waals surface area contributed by atoms with Gasteiger partial charge in [-0.15, -0.1) is 0 Å². The van der Waals surface area contributed by atoms with Crippen molar-refractivity contribution in [3.05, 3.63) is 48.4 Å². The van der Waals surface area contributed by atoms with E-state index in [4.69, 9.17) is 0 Å². The molecule has 9 heteroatoms. The van der Waals surface area contributed by atoms with E-state index in [1.54, 1.807) is 18.3 Å². The van der Waals surface area contributed by atoms with Crippen LogP contribution < -0.4 is 10.2 Å². The maximum atomic E-state index is 13.4. The monoisotopic (exact) mass is 482 g/mol. The minimum Gasteiger partial charge on any atom is -0.350 e. The third-order valence-corrected chi connectivity index (χ3v) is 8.77. The lowest BCUT2D eigenvalue weighted by Crippen LogP contribution is -2.49. The number of likely N-dealkylation sites (tertiary alicyclic amines) is 1. The third-order valence-electron chi connectivity index (χ3n) is 7.09. The first-order valence-corrected chi connectivity index (χ1v) is 13.8. The summed E-state index contributed by atoms with van der Waals surface area (Å²) in [6.07, 6.45) is 9.19. The summed E-state index contributed by atoms with van der Waals surface area (Å²) < 4.78 is 28.1. The lowest BCUT2D eigenvalue weighted by atomic mass is 10.1. The smallest absolute Gasteiger partial charge is 0.269 e. The van der Waals surface area contributed by atoms with Crippen LogP contribution in [0.3, 0.4) is 0 Å². The van der Waals surface area contributed by atoms with E-state index < -0.39 is 10.0 Å². The van der Waals surface area contributed by atoms with Crippen LogP contribution in [0.1, 0.15) is 37.7 Å². The molecule has 34 heavy (non-hydrogen) atoms. The number of rotatable bonds is 7. The van der Waals surface area contributed by atoms with E-state index in [1.165, 1.54) is 29.6 Å². The number of hydrogen-bond acceptors (Lipinski definition) is 7. The molecular weight excluding hydrogens is 448 g/mol. The number of nitrogens with zero attached hydrogens (tertiary/aromatic N) is 5. The number of fused-ring (bicyclic) bond motifs is 1. The maximum Gasteiger partial charge on any atom is 0.269 e. The van der Waals surface area contributed by atoms with Crippen molar-refractivity contribution in [3.8, 4) is 0 Å². The first-order chi connectivity index (χ1) is 16.5. The molecule has 0 amide bonds. The second-order valence-corrected chi connectivity index (χ2v) is 11.3. The lowest BCUT2D eigenvalue weighted by molar-refractivity contribution is 0.230. The molecular formula is C25H34N6O2S. The second kappa shape index (κ2) is 10.0. The molecule has 2 aromatic heterocycles. The van der Waals surface area contributed by atoms with E-state index in [0.29, 0.717) is 11.7 Å². The number of benzene rings is 1. The highest BCUT2D eigenvalue weighted by Crippen LogP contribution is 2.29. The van der Waals surface area contributed by atoms with Crippen LogP contribution in [0.4, 0.5) is 5.82 Å². The van der Waals surface area contributed by atoms with E-state index in [9.17, 15) is 8.42 Å². The van der Waals surface area contributed by atoms with Gasteiger partial charge in [0.25, 0.3) is 10.0 Å².